The molecule has 5 heteroatoms. The lowest BCUT2D eigenvalue weighted by Gasteiger charge is -2.21. The van der Waals surface area contributed by atoms with Crippen LogP contribution in [0.1, 0.15) is 37.1 Å². The number of hydrogen-bond acceptors (Lipinski definition) is 2. The predicted octanol–water partition coefficient (Wildman–Crippen LogP) is 3.25. The highest BCUT2D eigenvalue weighted by Gasteiger charge is 2.28. The third-order valence-electron chi connectivity index (χ3n) is 4.92. The minimum atomic E-state index is -0.204. The molecule has 2 atom stereocenters. The standard InChI is InChI=1S/C19H24FN3O/c1-14-21-10-12-23(14)11-9-19(24)22-18-4-2-3-16(18)13-15-5-7-17(20)8-6-15/h5-8,10,12,16,18H,2-4,9,11,13H2,1H3,(H,22,24)/t16-,18-/m0/s1. The van der Waals surface area contributed by atoms with Crippen molar-refractivity contribution in [2.24, 2.45) is 5.92 Å². The molecule has 2 aromatic rings. The smallest absolute Gasteiger partial charge is 0.222 e. The molecule has 0 unspecified atom stereocenters. The molecule has 1 fully saturated rings. The lowest BCUT2D eigenvalue weighted by atomic mass is 9.94. The van der Waals surface area contributed by atoms with Crippen LogP contribution >= 0.6 is 0 Å². The summed E-state index contributed by atoms with van der Waals surface area (Å²) in [5, 5.41) is 3.20. The average molecular weight is 329 g/mol. The van der Waals surface area contributed by atoms with Gasteiger partial charge in [-0.2, -0.15) is 0 Å². The Morgan fingerprint density at radius 1 is 1.33 bits per heavy atom. The number of aromatic nitrogens is 2. The molecule has 0 radical (unpaired) electrons. The minimum Gasteiger partial charge on any atom is -0.353 e. The Morgan fingerprint density at radius 3 is 2.83 bits per heavy atom. The van der Waals surface area contributed by atoms with Crippen molar-refractivity contribution in [2.45, 2.75) is 51.6 Å². The number of hydrogen-bond donors (Lipinski definition) is 1. The van der Waals surface area contributed by atoms with Crippen molar-refractivity contribution in [3.8, 4) is 0 Å². The van der Waals surface area contributed by atoms with Crippen LogP contribution < -0.4 is 5.32 Å². The van der Waals surface area contributed by atoms with Gasteiger partial charge in [0.25, 0.3) is 0 Å². The van der Waals surface area contributed by atoms with E-state index in [1.807, 2.05) is 29.8 Å². The summed E-state index contributed by atoms with van der Waals surface area (Å²) in [5.74, 6) is 1.26. The topological polar surface area (TPSA) is 46.9 Å². The number of rotatable bonds is 6. The number of amides is 1. The second kappa shape index (κ2) is 7.60. The van der Waals surface area contributed by atoms with Gasteiger partial charge < -0.3 is 9.88 Å². The van der Waals surface area contributed by atoms with Crippen molar-refractivity contribution >= 4 is 5.91 Å². The van der Waals surface area contributed by atoms with Crippen LogP contribution in [-0.2, 0) is 17.8 Å². The molecule has 1 aliphatic carbocycles. The van der Waals surface area contributed by atoms with E-state index in [0.29, 0.717) is 18.9 Å². The Hall–Kier alpha value is -2.17. The Morgan fingerprint density at radius 2 is 2.12 bits per heavy atom. The molecule has 0 aliphatic heterocycles. The number of imidazole rings is 1. The zero-order chi connectivity index (χ0) is 16.9. The van der Waals surface area contributed by atoms with Crippen molar-refractivity contribution in [1.82, 2.24) is 14.9 Å². The van der Waals surface area contributed by atoms with Gasteiger partial charge in [-0.25, -0.2) is 9.37 Å². The molecule has 3 rings (SSSR count). The molecule has 4 nitrogen and oxygen atoms in total. The number of aryl methyl sites for hydroxylation is 2. The summed E-state index contributed by atoms with van der Waals surface area (Å²) >= 11 is 0. The summed E-state index contributed by atoms with van der Waals surface area (Å²) in [7, 11) is 0. The van der Waals surface area contributed by atoms with E-state index in [4.69, 9.17) is 0 Å². The number of carbonyl (C=O) groups excluding carboxylic acids is 1. The average Bonchev–Trinajstić information content (AvgIpc) is 3.17. The quantitative estimate of drug-likeness (QED) is 0.884. The number of nitrogens with zero attached hydrogens (tertiary/aromatic N) is 2. The van der Waals surface area contributed by atoms with Gasteiger partial charge in [0.1, 0.15) is 11.6 Å². The largest absolute Gasteiger partial charge is 0.353 e. The normalized spacial score (nSPS) is 20.2. The van der Waals surface area contributed by atoms with Crippen molar-refractivity contribution < 1.29 is 9.18 Å². The molecular formula is C19H24FN3O. The summed E-state index contributed by atoms with van der Waals surface area (Å²) in [6.07, 6.45) is 8.30. The summed E-state index contributed by atoms with van der Waals surface area (Å²) in [5.41, 5.74) is 1.14. The van der Waals surface area contributed by atoms with E-state index in [1.54, 1.807) is 6.20 Å². The first-order valence-electron chi connectivity index (χ1n) is 8.63. The van der Waals surface area contributed by atoms with E-state index in [2.05, 4.69) is 10.3 Å². The van der Waals surface area contributed by atoms with Gasteiger partial charge in [0.2, 0.25) is 5.91 Å². The molecular weight excluding hydrogens is 305 g/mol. The van der Waals surface area contributed by atoms with E-state index in [9.17, 15) is 9.18 Å². The zero-order valence-corrected chi connectivity index (χ0v) is 14.0. The second-order valence-corrected chi connectivity index (χ2v) is 6.61. The number of nitrogens with one attached hydrogen (secondary N) is 1. The van der Waals surface area contributed by atoms with Crippen LogP contribution in [0.25, 0.3) is 0 Å². The molecule has 1 aromatic heterocycles. The lowest BCUT2D eigenvalue weighted by Crippen LogP contribution is -2.38. The SMILES string of the molecule is Cc1nccn1CCC(=O)N[C@H]1CCC[C@H]1Cc1ccc(F)cc1. The Bertz CT molecular complexity index is 680. The van der Waals surface area contributed by atoms with Crippen molar-refractivity contribution in [3.63, 3.8) is 0 Å². The molecule has 1 heterocycles. The van der Waals surface area contributed by atoms with Crippen molar-refractivity contribution in [2.75, 3.05) is 0 Å². The van der Waals surface area contributed by atoms with Gasteiger partial charge in [0.05, 0.1) is 0 Å². The van der Waals surface area contributed by atoms with Gasteiger partial charge in [-0.05, 0) is 49.8 Å². The van der Waals surface area contributed by atoms with Crippen LogP contribution in [0.5, 0.6) is 0 Å². The number of halogens is 1. The summed E-state index contributed by atoms with van der Waals surface area (Å²) < 4.78 is 15.0. The fraction of sp³-hybridized carbons (Fsp3) is 0.474. The number of carbonyl (C=O) groups is 1. The zero-order valence-electron chi connectivity index (χ0n) is 14.0. The molecule has 0 spiro atoms. The molecule has 0 saturated heterocycles. The highest BCUT2D eigenvalue weighted by Crippen LogP contribution is 2.29. The van der Waals surface area contributed by atoms with Gasteiger partial charge >= 0.3 is 0 Å². The molecule has 128 valence electrons. The van der Waals surface area contributed by atoms with E-state index < -0.39 is 0 Å². The summed E-state index contributed by atoms with van der Waals surface area (Å²) in [4.78, 5) is 16.4. The Labute approximate surface area is 142 Å². The molecule has 24 heavy (non-hydrogen) atoms. The first-order chi connectivity index (χ1) is 11.6. The van der Waals surface area contributed by atoms with Crippen LogP contribution in [0, 0.1) is 18.7 Å². The highest BCUT2D eigenvalue weighted by atomic mass is 19.1. The van der Waals surface area contributed by atoms with E-state index in [-0.39, 0.29) is 17.8 Å². The van der Waals surface area contributed by atoms with Crippen LogP contribution in [0.3, 0.4) is 0 Å². The lowest BCUT2D eigenvalue weighted by molar-refractivity contribution is -0.122. The van der Waals surface area contributed by atoms with Crippen LogP contribution in [0.2, 0.25) is 0 Å². The van der Waals surface area contributed by atoms with Crippen molar-refractivity contribution in [3.05, 3.63) is 53.9 Å². The first-order valence-corrected chi connectivity index (χ1v) is 8.63. The molecule has 1 aromatic carbocycles. The Kier molecular flexibility index (Phi) is 5.28. The molecule has 1 N–H and O–H groups in total. The maximum absolute atomic E-state index is 13.0. The van der Waals surface area contributed by atoms with E-state index in [0.717, 1.165) is 37.1 Å². The van der Waals surface area contributed by atoms with Gasteiger partial charge in [-0.1, -0.05) is 18.6 Å². The summed E-state index contributed by atoms with van der Waals surface area (Å²) in [6, 6.07) is 6.92. The summed E-state index contributed by atoms with van der Waals surface area (Å²) in [6.45, 7) is 2.60. The molecule has 1 saturated carbocycles. The highest BCUT2D eigenvalue weighted by molar-refractivity contribution is 5.76. The van der Waals surface area contributed by atoms with Gasteiger partial charge in [0.15, 0.2) is 0 Å². The van der Waals surface area contributed by atoms with E-state index >= 15 is 0 Å². The first kappa shape index (κ1) is 16.7. The molecule has 1 aliphatic rings. The van der Waals surface area contributed by atoms with Crippen LogP contribution in [-0.4, -0.2) is 21.5 Å². The maximum atomic E-state index is 13.0. The fourth-order valence-electron chi connectivity index (χ4n) is 3.54. The monoisotopic (exact) mass is 329 g/mol. The Balaban J connectivity index is 1.50. The predicted molar refractivity (Wildman–Crippen MR) is 91.0 cm³/mol. The van der Waals surface area contributed by atoms with Crippen LogP contribution in [0.15, 0.2) is 36.7 Å². The third kappa shape index (κ3) is 4.22. The number of benzene rings is 1. The second-order valence-electron chi connectivity index (χ2n) is 6.61. The van der Waals surface area contributed by atoms with E-state index in [1.165, 1.54) is 12.1 Å². The van der Waals surface area contributed by atoms with Gasteiger partial charge in [-0.15, -0.1) is 0 Å². The van der Waals surface area contributed by atoms with Crippen LogP contribution in [0.4, 0.5) is 4.39 Å². The van der Waals surface area contributed by atoms with Gasteiger partial charge in [0, 0.05) is 31.4 Å². The fourth-order valence-corrected chi connectivity index (χ4v) is 3.54. The van der Waals surface area contributed by atoms with Crippen molar-refractivity contribution in [1.29, 1.82) is 0 Å². The maximum Gasteiger partial charge on any atom is 0.222 e. The molecule has 1 amide bonds. The van der Waals surface area contributed by atoms with Gasteiger partial charge in [-0.3, -0.25) is 4.79 Å². The third-order valence-corrected chi connectivity index (χ3v) is 4.92. The molecule has 0 bridgehead atoms. The minimum absolute atomic E-state index is 0.0964.